The fourth-order valence-electron chi connectivity index (χ4n) is 4.55. The van der Waals surface area contributed by atoms with Crippen LogP contribution in [-0.2, 0) is 10.0 Å². The predicted octanol–water partition coefficient (Wildman–Crippen LogP) is 4.49. The Morgan fingerprint density at radius 3 is 2.68 bits per heavy atom. The van der Waals surface area contributed by atoms with Crippen molar-refractivity contribution in [2.75, 3.05) is 40.0 Å². The van der Waals surface area contributed by atoms with Crippen LogP contribution in [0.3, 0.4) is 0 Å². The van der Waals surface area contributed by atoms with Gasteiger partial charge in [0.25, 0.3) is 0 Å². The van der Waals surface area contributed by atoms with E-state index in [2.05, 4.69) is 25.2 Å². The first-order chi connectivity index (χ1) is 17.8. The maximum Gasteiger partial charge on any atom is 0.235 e. The van der Waals surface area contributed by atoms with Gasteiger partial charge in [0.15, 0.2) is 17.4 Å². The van der Waals surface area contributed by atoms with E-state index in [1.165, 1.54) is 16.6 Å². The minimum atomic E-state index is -3.35. The number of aromatic nitrogens is 3. The number of pyridine rings is 1. The summed E-state index contributed by atoms with van der Waals surface area (Å²) < 4.78 is 61.4. The Hall–Kier alpha value is -3.54. The van der Waals surface area contributed by atoms with Crippen molar-refractivity contribution >= 4 is 33.2 Å². The molecule has 196 valence electrons. The molecule has 1 saturated heterocycles. The number of rotatable bonds is 6. The van der Waals surface area contributed by atoms with Gasteiger partial charge in [-0.05, 0) is 50.5 Å². The van der Waals surface area contributed by atoms with Crippen LogP contribution in [0.2, 0.25) is 0 Å². The number of halogens is 2. The molecule has 12 heteroatoms. The van der Waals surface area contributed by atoms with Crippen LogP contribution >= 0.6 is 0 Å². The van der Waals surface area contributed by atoms with Gasteiger partial charge in [-0.2, -0.15) is 0 Å². The molecule has 2 aliphatic rings. The normalized spacial score (nSPS) is 17.6. The summed E-state index contributed by atoms with van der Waals surface area (Å²) in [5.41, 5.74) is 1.23. The molecular weight excluding hydrogens is 502 g/mol. The summed E-state index contributed by atoms with van der Waals surface area (Å²) in [6.07, 6.45) is 4.76. The molecule has 4 heterocycles. The Kier molecular flexibility index (Phi) is 6.84. The Morgan fingerprint density at radius 2 is 1.95 bits per heavy atom. The predicted molar refractivity (Wildman–Crippen MR) is 138 cm³/mol. The highest BCUT2D eigenvalue weighted by Gasteiger charge is 2.27. The number of hydrogen-bond acceptors (Lipinski definition) is 8. The second kappa shape index (κ2) is 10.1. The fraction of sp³-hybridized carbons (Fsp3) is 0.400. The van der Waals surface area contributed by atoms with Crippen molar-refractivity contribution in [1.82, 2.24) is 15.0 Å². The summed E-state index contributed by atoms with van der Waals surface area (Å²) in [4.78, 5) is 14.6. The molecular formula is C25H28F2N6O3S. The molecule has 0 spiro atoms. The Labute approximate surface area is 214 Å². The number of sulfonamides is 1. The zero-order valence-corrected chi connectivity index (χ0v) is 21.4. The number of nitrogens with one attached hydrogen (secondary N) is 1. The van der Waals surface area contributed by atoms with Crippen LogP contribution in [-0.4, -0.2) is 54.9 Å². The summed E-state index contributed by atoms with van der Waals surface area (Å²) in [5, 5.41) is 2.91. The Bertz CT molecular complexity index is 1400. The standard InChI is InChI=1S/C25H28F2N6O3S/c1-3-16(2)32-9-10-36-24-19(26)12-17(13-21(24)32)23-20(27)15-29-25(31-23)30-22-7-6-18(14-28-22)33-8-4-5-11-37(33,34)35/h6-7,12-16H,3-5,8-11H2,1-2H3,(H,28,29,30,31). The van der Waals surface area contributed by atoms with Crippen molar-refractivity contribution in [3.8, 4) is 17.0 Å². The van der Waals surface area contributed by atoms with Crippen LogP contribution in [0.5, 0.6) is 5.75 Å². The van der Waals surface area contributed by atoms with Crippen molar-refractivity contribution in [2.45, 2.75) is 39.2 Å². The van der Waals surface area contributed by atoms with Crippen LogP contribution in [0.4, 0.5) is 31.9 Å². The molecule has 0 bridgehead atoms. The third-order valence-corrected chi connectivity index (χ3v) is 8.55. The van der Waals surface area contributed by atoms with Crippen LogP contribution in [0, 0.1) is 11.6 Å². The molecule has 2 aromatic heterocycles. The molecule has 1 unspecified atom stereocenters. The lowest BCUT2D eigenvalue weighted by Gasteiger charge is -2.36. The van der Waals surface area contributed by atoms with Gasteiger partial charge in [-0.3, -0.25) is 4.31 Å². The molecule has 0 radical (unpaired) electrons. The second-order valence-corrected chi connectivity index (χ2v) is 11.1. The number of fused-ring (bicyclic) bond motifs is 1. The maximum absolute atomic E-state index is 15.0. The first kappa shape index (κ1) is 25.1. The molecule has 1 atom stereocenters. The third-order valence-electron chi connectivity index (χ3n) is 6.68. The second-order valence-electron chi connectivity index (χ2n) is 9.12. The molecule has 0 saturated carbocycles. The summed E-state index contributed by atoms with van der Waals surface area (Å²) in [6, 6.07) is 6.29. The summed E-state index contributed by atoms with van der Waals surface area (Å²) in [6.45, 7) is 5.49. The number of hydrogen-bond donors (Lipinski definition) is 1. The molecule has 1 N–H and O–H groups in total. The molecule has 5 rings (SSSR count). The van der Waals surface area contributed by atoms with Gasteiger partial charge in [-0.25, -0.2) is 32.2 Å². The van der Waals surface area contributed by atoms with E-state index in [9.17, 15) is 17.2 Å². The lowest BCUT2D eigenvalue weighted by atomic mass is 10.1. The lowest BCUT2D eigenvalue weighted by Crippen LogP contribution is -2.39. The average Bonchev–Trinajstić information content (AvgIpc) is 2.89. The Balaban J connectivity index is 1.42. The van der Waals surface area contributed by atoms with Gasteiger partial charge in [0, 0.05) is 18.2 Å². The van der Waals surface area contributed by atoms with E-state index in [-0.39, 0.29) is 34.7 Å². The molecule has 3 aromatic rings. The van der Waals surface area contributed by atoms with Gasteiger partial charge in [-0.15, -0.1) is 0 Å². The number of nitrogens with zero attached hydrogens (tertiary/aromatic N) is 5. The van der Waals surface area contributed by atoms with E-state index >= 15 is 0 Å². The SMILES string of the molecule is CCC(C)N1CCOc2c(F)cc(-c3nc(Nc4ccc(N5CCCCS5(=O)=O)cn4)ncc3F)cc21. The summed E-state index contributed by atoms with van der Waals surface area (Å²) >= 11 is 0. The molecule has 2 aliphatic heterocycles. The van der Waals surface area contributed by atoms with Crippen molar-refractivity contribution in [2.24, 2.45) is 0 Å². The number of ether oxygens (including phenoxy) is 1. The first-order valence-corrected chi connectivity index (χ1v) is 13.9. The van der Waals surface area contributed by atoms with E-state index < -0.39 is 21.7 Å². The van der Waals surface area contributed by atoms with Gasteiger partial charge >= 0.3 is 0 Å². The zero-order valence-electron chi connectivity index (χ0n) is 20.6. The van der Waals surface area contributed by atoms with E-state index in [4.69, 9.17) is 4.74 Å². The van der Waals surface area contributed by atoms with E-state index in [1.807, 2.05) is 13.8 Å². The molecule has 0 aliphatic carbocycles. The number of anilines is 4. The third kappa shape index (κ3) is 5.02. The van der Waals surface area contributed by atoms with Crippen LogP contribution in [0.1, 0.15) is 33.1 Å². The zero-order chi connectivity index (χ0) is 26.2. The Morgan fingerprint density at radius 1 is 1.11 bits per heavy atom. The first-order valence-electron chi connectivity index (χ1n) is 12.3. The van der Waals surface area contributed by atoms with Gasteiger partial charge < -0.3 is 15.0 Å². The van der Waals surface area contributed by atoms with Crippen LogP contribution < -0.4 is 19.3 Å². The highest BCUT2D eigenvalue weighted by Crippen LogP contribution is 2.39. The maximum atomic E-state index is 15.0. The molecule has 9 nitrogen and oxygen atoms in total. The topological polar surface area (TPSA) is 101 Å². The average molecular weight is 531 g/mol. The van der Waals surface area contributed by atoms with E-state index in [1.54, 1.807) is 18.2 Å². The van der Waals surface area contributed by atoms with Gasteiger partial charge in [-0.1, -0.05) is 6.92 Å². The van der Waals surface area contributed by atoms with Crippen molar-refractivity contribution in [3.63, 3.8) is 0 Å². The lowest BCUT2D eigenvalue weighted by molar-refractivity contribution is 0.285. The minimum absolute atomic E-state index is 0.0649. The number of benzene rings is 1. The van der Waals surface area contributed by atoms with Crippen molar-refractivity contribution < 1.29 is 21.9 Å². The summed E-state index contributed by atoms with van der Waals surface area (Å²) in [5.74, 6) is -0.598. The van der Waals surface area contributed by atoms with Crippen LogP contribution in [0.25, 0.3) is 11.3 Å². The molecule has 0 amide bonds. The minimum Gasteiger partial charge on any atom is -0.486 e. The quantitative estimate of drug-likeness (QED) is 0.498. The van der Waals surface area contributed by atoms with Crippen molar-refractivity contribution in [1.29, 1.82) is 0 Å². The molecule has 1 aromatic carbocycles. The van der Waals surface area contributed by atoms with E-state index in [0.717, 1.165) is 19.0 Å². The van der Waals surface area contributed by atoms with Gasteiger partial charge in [0.05, 0.1) is 36.1 Å². The molecule has 1 fully saturated rings. The van der Waals surface area contributed by atoms with E-state index in [0.29, 0.717) is 43.3 Å². The highest BCUT2D eigenvalue weighted by molar-refractivity contribution is 7.92. The van der Waals surface area contributed by atoms with Crippen LogP contribution in [0.15, 0.2) is 36.7 Å². The monoisotopic (exact) mass is 530 g/mol. The largest absolute Gasteiger partial charge is 0.486 e. The fourth-order valence-corrected chi connectivity index (χ4v) is 6.17. The molecule has 37 heavy (non-hydrogen) atoms. The highest BCUT2D eigenvalue weighted by atomic mass is 32.2. The summed E-state index contributed by atoms with van der Waals surface area (Å²) in [7, 11) is -3.35. The smallest absolute Gasteiger partial charge is 0.235 e. The van der Waals surface area contributed by atoms with Gasteiger partial charge in [0.1, 0.15) is 18.1 Å². The van der Waals surface area contributed by atoms with Gasteiger partial charge in [0.2, 0.25) is 16.0 Å². The van der Waals surface area contributed by atoms with Crippen molar-refractivity contribution in [3.05, 3.63) is 48.3 Å².